The van der Waals surface area contributed by atoms with Crippen molar-refractivity contribution in [2.45, 2.75) is 39.1 Å². The number of nitrogens with zero attached hydrogens (tertiary/aromatic N) is 3. The molecule has 6 nitrogen and oxygen atoms in total. The zero-order valence-electron chi connectivity index (χ0n) is 14.5. The van der Waals surface area contributed by atoms with Crippen molar-refractivity contribution in [3.8, 4) is 0 Å². The minimum atomic E-state index is -4.49. The summed E-state index contributed by atoms with van der Waals surface area (Å²) in [6.07, 6.45) is -3.16. The van der Waals surface area contributed by atoms with Crippen LogP contribution in [0.5, 0.6) is 0 Å². The lowest BCUT2D eigenvalue weighted by molar-refractivity contribution is -0.142. The lowest BCUT2D eigenvalue weighted by atomic mass is 10.1. The van der Waals surface area contributed by atoms with Crippen LogP contribution in [-0.4, -0.2) is 41.5 Å². The SMILES string of the molecule is CCNC(=NCc1cn(C)nc1C(F)(F)F)NCC(C)(C)OC.I. The third-order valence-corrected chi connectivity index (χ3v) is 3.16. The Morgan fingerprint density at radius 1 is 1.33 bits per heavy atom. The molecule has 140 valence electrons. The summed E-state index contributed by atoms with van der Waals surface area (Å²) in [4.78, 5) is 4.19. The molecule has 0 saturated carbocycles. The fourth-order valence-corrected chi connectivity index (χ4v) is 1.77. The van der Waals surface area contributed by atoms with E-state index in [2.05, 4.69) is 20.7 Å². The first-order chi connectivity index (χ1) is 10.6. The maximum atomic E-state index is 12.9. The first-order valence-corrected chi connectivity index (χ1v) is 7.26. The van der Waals surface area contributed by atoms with Gasteiger partial charge < -0.3 is 15.4 Å². The topological polar surface area (TPSA) is 63.5 Å². The molecule has 24 heavy (non-hydrogen) atoms. The number of aryl methyl sites for hydroxylation is 1. The van der Waals surface area contributed by atoms with E-state index in [0.29, 0.717) is 19.0 Å². The second kappa shape index (κ2) is 9.44. The molecule has 0 amide bonds. The van der Waals surface area contributed by atoms with Gasteiger partial charge in [0.1, 0.15) is 0 Å². The molecule has 0 spiro atoms. The van der Waals surface area contributed by atoms with Crippen molar-refractivity contribution in [2.75, 3.05) is 20.2 Å². The van der Waals surface area contributed by atoms with E-state index in [1.165, 1.54) is 13.2 Å². The third kappa shape index (κ3) is 7.24. The number of methoxy groups -OCH3 is 1. The molecule has 0 fully saturated rings. The predicted molar refractivity (Wildman–Crippen MR) is 97.5 cm³/mol. The van der Waals surface area contributed by atoms with E-state index in [0.717, 1.165) is 4.68 Å². The van der Waals surface area contributed by atoms with E-state index in [1.807, 2.05) is 20.8 Å². The van der Waals surface area contributed by atoms with Crippen LogP contribution < -0.4 is 10.6 Å². The number of hydrogen-bond donors (Lipinski definition) is 2. The summed E-state index contributed by atoms with van der Waals surface area (Å²) in [5, 5.41) is 9.51. The van der Waals surface area contributed by atoms with Gasteiger partial charge in [0, 0.05) is 39.0 Å². The number of nitrogens with one attached hydrogen (secondary N) is 2. The molecule has 0 saturated heterocycles. The Hall–Kier alpha value is -1.04. The van der Waals surface area contributed by atoms with Crippen molar-refractivity contribution in [2.24, 2.45) is 12.0 Å². The van der Waals surface area contributed by atoms with Crippen LogP contribution in [0.3, 0.4) is 0 Å². The van der Waals surface area contributed by atoms with Crippen molar-refractivity contribution >= 4 is 29.9 Å². The van der Waals surface area contributed by atoms with E-state index in [1.54, 1.807) is 7.11 Å². The van der Waals surface area contributed by atoms with Crippen LogP contribution in [0.4, 0.5) is 13.2 Å². The summed E-state index contributed by atoms with van der Waals surface area (Å²) in [6, 6.07) is 0. The fourth-order valence-electron chi connectivity index (χ4n) is 1.77. The summed E-state index contributed by atoms with van der Waals surface area (Å²) in [6.45, 7) is 6.61. The maximum Gasteiger partial charge on any atom is 0.435 e. The summed E-state index contributed by atoms with van der Waals surface area (Å²) in [5.41, 5.74) is -1.29. The summed E-state index contributed by atoms with van der Waals surface area (Å²) < 4.78 is 45.2. The smallest absolute Gasteiger partial charge is 0.377 e. The molecular formula is C14H25F3IN5O. The number of ether oxygens (including phenoxy) is 1. The van der Waals surface area contributed by atoms with E-state index < -0.39 is 17.5 Å². The fraction of sp³-hybridized carbons (Fsp3) is 0.714. The molecule has 0 aliphatic rings. The predicted octanol–water partition coefficient (Wildman–Crippen LogP) is 2.54. The van der Waals surface area contributed by atoms with Crippen LogP contribution >= 0.6 is 24.0 Å². The van der Waals surface area contributed by atoms with Crippen LogP contribution in [0.2, 0.25) is 0 Å². The number of hydrogen-bond acceptors (Lipinski definition) is 3. The zero-order valence-corrected chi connectivity index (χ0v) is 16.8. The highest BCUT2D eigenvalue weighted by atomic mass is 127. The van der Waals surface area contributed by atoms with Gasteiger partial charge in [-0.15, -0.1) is 24.0 Å². The molecule has 0 radical (unpaired) electrons. The summed E-state index contributed by atoms with van der Waals surface area (Å²) >= 11 is 0. The summed E-state index contributed by atoms with van der Waals surface area (Å²) in [7, 11) is 3.05. The van der Waals surface area contributed by atoms with E-state index in [4.69, 9.17) is 4.74 Å². The molecule has 10 heteroatoms. The van der Waals surface area contributed by atoms with Crippen molar-refractivity contribution in [3.05, 3.63) is 17.5 Å². The van der Waals surface area contributed by atoms with Gasteiger partial charge in [0.25, 0.3) is 0 Å². The van der Waals surface area contributed by atoms with Gasteiger partial charge in [-0.2, -0.15) is 18.3 Å². The average Bonchev–Trinajstić information content (AvgIpc) is 2.83. The molecule has 1 aromatic rings. The lowest BCUT2D eigenvalue weighted by Crippen LogP contribution is -2.45. The quantitative estimate of drug-likeness (QED) is 0.387. The minimum Gasteiger partial charge on any atom is -0.377 e. The van der Waals surface area contributed by atoms with Crippen molar-refractivity contribution in [1.29, 1.82) is 0 Å². The van der Waals surface area contributed by atoms with E-state index in [-0.39, 0.29) is 36.1 Å². The molecule has 2 N–H and O–H groups in total. The Bertz CT molecular complexity index is 543. The Kier molecular flexibility index (Phi) is 9.04. The van der Waals surface area contributed by atoms with E-state index >= 15 is 0 Å². The highest BCUT2D eigenvalue weighted by molar-refractivity contribution is 14.0. The minimum absolute atomic E-state index is 0. The Morgan fingerprint density at radius 3 is 2.46 bits per heavy atom. The molecule has 0 aliphatic heterocycles. The van der Waals surface area contributed by atoms with Crippen LogP contribution in [0.1, 0.15) is 32.0 Å². The van der Waals surface area contributed by atoms with Crippen LogP contribution in [0.25, 0.3) is 0 Å². The van der Waals surface area contributed by atoms with Gasteiger partial charge in [0.15, 0.2) is 11.7 Å². The van der Waals surface area contributed by atoms with Gasteiger partial charge in [-0.1, -0.05) is 0 Å². The number of aliphatic imine (C=N–C) groups is 1. The molecule has 0 atom stereocenters. The Morgan fingerprint density at radius 2 is 1.96 bits per heavy atom. The molecule has 1 rings (SSSR count). The number of alkyl halides is 3. The normalized spacial score (nSPS) is 12.8. The monoisotopic (exact) mass is 463 g/mol. The van der Waals surface area contributed by atoms with Crippen LogP contribution in [0, 0.1) is 0 Å². The van der Waals surface area contributed by atoms with Gasteiger partial charge in [0.05, 0.1) is 12.1 Å². The van der Waals surface area contributed by atoms with Gasteiger partial charge in [-0.25, -0.2) is 4.99 Å². The first kappa shape index (κ1) is 23.0. The summed E-state index contributed by atoms with van der Waals surface area (Å²) in [5.74, 6) is 0.426. The Balaban J connectivity index is 0.00000529. The number of aromatic nitrogens is 2. The van der Waals surface area contributed by atoms with Gasteiger partial charge in [-0.05, 0) is 20.8 Å². The van der Waals surface area contributed by atoms with E-state index in [9.17, 15) is 13.2 Å². The molecule has 0 bridgehead atoms. The second-order valence-corrected chi connectivity index (χ2v) is 5.69. The highest BCUT2D eigenvalue weighted by Crippen LogP contribution is 2.30. The van der Waals surface area contributed by atoms with Crippen molar-refractivity contribution < 1.29 is 17.9 Å². The third-order valence-electron chi connectivity index (χ3n) is 3.16. The largest absolute Gasteiger partial charge is 0.435 e. The lowest BCUT2D eigenvalue weighted by Gasteiger charge is -2.24. The van der Waals surface area contributed by atoms with Gasteiger partial charge in [-0.3, -0.25) is 4.68 Å². The number of rotatable bonds is 6. The number of halogens is 4. The molecule has 0 aliphatic carbocycles. The molecule has 1 heterocycles. The number of guanidine groups is 1. The zero-order chi connectivity index (χ0) is 17.7. The van der Waals surface area contributed by atoms with Gasteiger partial charge in [0.2, 0.25) is 0 Å². The molecule has 0 unspecified atom stereocenters. The highest BCUT2D eigenvalue weighted by Gasteiger charge is 2.36. The molecule has 1 aromatic heterocycles. The second-order valence-electron chi connectivity index (χ2n) is 5.69. The van der Waals surface area contributed by atoms with Gasteiger partial charge >= 0.3 is 6.18 Å². The average molecular weight is 463 g/mol. The maximum absolute atomic E-state index is 12.9. The Labute approximate surface area is 157 Å². The van der Waals surface area contributed by atoms with Crippen molar-refractivity contribution in [3.63, 3.8) is 0 Å². The standard InChI is InChI=1S/C14H24F3N5O.HI/c1-6-18-12(20-9-13(2,3)23-5)19-7-10-8-22(4)21-11(10)14(15,16)17;/h8H,6-7,9H2,1-5H3,(H2,18,19,20);1H. The first-order valence-electron chi connectivity index (χ1n) is 7.26. The van der Waals surface area contributed by atoms with Crippen molar-refractivity contribution in [1.82, 2.24) is 20.4 Å². The molecule has 0 aromatic carbocycles. The van der Waals surface area contributed by atoms with Crippen LogP contribution in [-0.2, 0) is 24.5 Å². The molecular weight excluding hydrogens is 438 g/mol. The van der Waals surface area contributed by atoms with Crippen LogP contribution in [0.15, 0.2) is 11.2 Å².